The molecule has 4 rings (SSSR count). The maximum absolute atomic E-state index is 13.1. The molecular weight excluding hydrogens is 382 g/mol. The largest absolute Gasteiger partial charge is 0.337 e. The third-order valence-corrected chi connectivity index (χ3v) is 6.09. The summed E-state index contributed by atoms with van der Waals surface area (Å²) in [6.07, 6.45) is 1.47. The number of fused-ring (bicyclic) bond motifs is 1. The maximum atomic E-state index is 13.1. The van der Waals surface area contributed by atoms with E-state index in [1.807, 2.05) is 73.0 Å². The van der Waals surface area contributed by atoms with Crippen molar-refractivity contribution < 1.29 is 4.79 Å². The number of likely N-dealkylation sites (N-methyl/N-ethyl adjacent to an activating group) is 1. The zero-order chi connectivity index (χ0) is 20.4. The van der Waals surface area contributed by atoms with Gasteiger partial charge in [0.2, 0.25) is 5.91 Å². The Morgan fingerprint density at radius 2 is 1.76 bits per heavy atom. The highest BCUT2D eigenvalue weighted by Gasteiger charge is 2.19. The van der Waals surface area contributed by atoms with Crippen LogP contribution in [-0.4, -0.2) is 27.4 Å². The monoisotopic (exact) mass is 403 g/mol. The lowest BCUT2D eigenvalue weighted by Crippen LogP contribution is -2.35. The molecule has 29 heavy (non-hydrogen) atoms. The van der Waals surface area contributed by atoms with E-state index in [1.165, 1.54) is 22.2 Å². The molecule has 2 aromatic heterocycles. The first kappa shape index (κ1) is 19.1. The Kier molecular flexibility index (Phi) is 5.27. The zero-order valence-corrected chi connectivity index (χ0v) is 17.1. The number of hydrogen-bond acceptors (Lipinski definition) is 4. The number of amides is 1. The highest BCUT2D eigenvalue weighted by atomic mass is 32.1. The molecule has 0 fully saturated rings. The molecule has 0 spiro atoms. The first-order valence-electron chi connectivity index (χ1n) is 9.39. The van der Waals surface area contributed by atoms with Gasteiger partial charge in [-0.15, -0.1) is 11.3 Å². The predicted molar refractivity (Wildman–Crippen MR) is 117 cm³/mol. The van der Waals surface area contributed by atoms with Crippen LogP contribution in [0.4, 0.5) is 0 Å². The van der Waals surface area contributed by atoms with E-state index in [1.54, 1.807) is 11.9 Å². The van der Waals surface area contributed by atoms with Gasteiger partial charge >= 0.3 is 0 Å². The Morgan fingerprint density at radius 1 is 1.10 bits per heavy atom. The number of benzene rings is 2. The standard InChI is InChI=1S/C23H21N3O2S/c1-16(17-9-5-3-6-10-17)25(2)20(27)13-26-15-24-22-21(23(26)28)19(14-29-22)18-11-7-4-8-12-18/h3-12,14-16H,13H2,1-2H3. The minimum atomic E-state index is -0.191. The Balaban J connectivity index is 1.64. The van der Waals surface area contributed by atoms with E-state index >= 15 is 0 Å². The van der Waals surface area contributed by atoms with E-state index in [0.717, 1.165) is 16.7 Å². The van der Waals surface area contributed by atoms with Gasteiger partial charge in [0, 0.05) is 18.0 Å². The second-order valence-corrected chi connectivity index (χ2v) is 7.82. The highest BCUT2D eigenvalue weighted by molar-refractivity contribution is 7.17. The Morgan fingerprint density at radius 3 is 2.45 bits per heavy atom. The molecule has 2 heterocycles. The van der Waals surface area contributed by atoms with Crippen molar-refractivity contribution in [2.45, 2.75) is 19.5 Å². The first-order chi connectivity index (χ1) is 14.1. The minimum absolute atomic E-state index is 0.0421. The van der Waals surface area contributed by atoms with Crippen molar-refractivity contribution in [2.24, 2.45) is 0 Å². The molecule has 146 valence electrons. The molecule has 0 aliphatic rings. The molecule has 0 aliphatic heterocycles. The number of thiophene rings is 1. The van der Waals surface area contributed by atoms with Gasteiger partial charge in [0.1, 0.15) is 11.4 Å². The summed E-state index contributed by atoms with van der Waals surface area (Å²) in [6, 6.07) is 19.5. The van der Waals surface area contributed by atoms with Gasteiger partial charge in [-0.3, -0.25) is 14.2 Å². The average Bonchev–Trinajstić information content (AvgIpc) is 3.21. The fourth-order valence-corrected chi connectivity index (χ4v) is 4.25. The van der Waals surface area contributed by atoms with Gasteiger partial charge in [0.25, 0.3) is 5.56 Å². The third-order valence-electron chi connectivity index (χ3n) is 5.21. The molecule has 0 N–H and O–H groups in total. The lowest BCUT2D eigenvalue weighted by molar-refractivity contribution is -0.132. The summed E-state index contributed by atoms with van der Waals surface area (Å²) in [4.78, 5) is 32.8. The van der Waals surface area contributed by atoms with Gasteiger partial charge in [-0.2, -0.15) is 0 Å². The first-order valence-corrected chi connectivity index (χ1v) is 10.3. The van der Waals surface area contributed by atoms with Crippen LogP contribution in [0, 0.1) is 0 Å². The number of aromatic nitrogens is 2. The van der Waals surface area contributed by atoms with Crippen LogP contribution >= 0.6 is 11.3 Å². The maximum Gasteiger partial charge on any atom is 0.263 e. The van der Waals surface area contributed by atoms with Crippen molar-refractivity contribution in [2.75, 3.05) is 7.05 Å². The van der Waals surface area contributed by atoms with Crippen LogP contribution < -0.4 is 5.56 Å². The number of rotatable bonds is 5. The lowest BCUT2D eigenvalue weighted by Gasteiger charge is -2.25. The quantitative estimate of drug-likeness (QED) is 0.498. The van der Waals surface area contributed by atoms with Crippen LogP contribution in [0.2, 0.25) is 0 Å². The fourth-order valence-electron chi connectivity index (χ4n) is 3.34. The molecule has 0 bridgehead atoms. The Hall–Kier alpha value is -3.25. The van der Waals surface area contributed by atoms with E-state index in [9.17, 15) is 9.59 Å². The van der Waals surface area contributed by atoms with Crippen molar-refractivity contribution in [3.05, 3.63) is 88.3 Å². The normalized spacial score (nSPS) is 12.1. The number of nitrogens with zero attached hydrogens (tertiary/aromatic N) is 3. The van der Waals surface area contributed by atoms with Gasteiger partial charge in [-0.1, -0.05) is 60.7 Å². The smallest absolute Gasteiger partial charge is 0.263 e. The van der Waals surface area contributed by atoms with Crippen LogP contribution in [0.3, 0.4) is 0 Å². The van der Waals surface area contributed by atoms with Crippen molar-refractivity contribution in [3.8, 4) is 11.1 Å². The molecule has 1 atom stereocenters. The van der Waals surface area contributed by atoms with Crippen LogP contribution in [-0.2, 0) is 11.3 Å². The summed E-state index contributed by atoms with van der Waals surface area (Å²) in [6.45, 7) is 1.93. The molecule has 0 saturated carbocycles. The molecule has 1 amide bonds. The van der Waals surface area contributed by atoms with Gasteiger partial charge in [0.05, 0.1) is 17.8 Å². The summed E-state index contributed by atoms with van der Waals surface area (Å²) in [5.74, 6) is -0.138. The molecule has 6 heteroatoms. The van der Waals surface area contributed by atoms with E-state index in [0.29, 0.717) is 10.2 Å². The summed E-state index contributed by atoms with van der Waals surface area (Å²) in [5, 5.41) is 2.51. The van der Waals surface area contributed by atoms with Crippen LogP contribution in [0.1, 0.15) is 18.5 Å². The number of carbonyl (C=O) groups is 1. The van der Waals surface area contributed by atoms with Gasteiger partial charge < -0.3 is 4.90 Å². The highest BCUT2D eigenvalue weighted by Crippen LogP contribution is 2.30. The molecule has 0 aliphatic carbocycles. The molecule has 1 unspecified atom stereocenters. The Labute approximate surface area is 172 Å². The second-order valence-electron chi connectivity index (χ2n) is 6.96. The molecule has 0 radical (unpaired) electrons. The number of carbonyl (C=O) groups excluding carboxylic acids is 1. The topological polar surface area (TPSA) is 55.2 Å². The van der Waals surface area contributed by atoms with E-state index in [4.69, 9.17) is 0 Å². The van der Waals surface area contributed by atoms with Crippen LogP contribution in [0.15, 0.2) is 77.2 Å². The molecule has 5 nitrogen and oxygen atoms in total. The SMILES string of the molecule is CC(c1ccccc1)N(C)C(=O)Cn1cnc2scc(-c3ccccc3)c2c1=O. The average molecular weight is 404 g/mol. The predicted octanol–water partition coefficient (Wildman–Crippen LogP) is 4.34. The van der Waals surface area contributed by atoms with E-state index in [-0.39, 0.29) is 24.1 Å². The molecular formula is C23H21N3O2S. The summed E-state index contributed by atoms with van der Waals surface area (Å²) in [7, 11) is 1.76. The van der Waals surface area contributed by atoms with Crippen molar-refractivity contribution in [3.63, 3.8) is 0 Å². The van der Waals surface area contributed by atoms with Crippen molar-refractivity contribution in [1.29, 1.82) is 0 Å². The van der Waals surface area contributed by atoms with Crippen molar-refractivity contribution >= 4 is 27.5 Å². The van der Waals surface area contributed by atoms with Crippen molar-refractivity contribution in [1.82, 2.24) is 14.5 Å². The zero-order valence-electron chi connectivity index (χ0n) is 16.3. The fraction of sp³-hybridized carbons (Fsp3) is 0.174. The Bertz CT molecular complexity index is 1200. The lowest BCUT2D eigenvalue weighted by atomic mass is 10.1. The second kappa shape index (κ2) is 8.01. The molecule has 0 saturated heterocycles. The third kappa shape index (κ3) is 3.71. The van der Waals surface area contributed by atoms with Gasteiger partial charge in [0.15, 0.2) is 0 Å². The van der Waals surface area contributed by atoms with Crippen LogP contribution in [0.25, 0.3) is 21.3 Å². The van der Waals surface area contributed by atoms with E-state index in [2.05, 4.69) is 4.98 Å². The van der Waals surface area contributed by atoms with Gasteiger partial charge in [-0.05, 0) is 18.1 Å². The summed E-state index contributed by atoms with van der Waals surface area (Å²) in [5.41, 5.74) is 2.69. The van der Waals surface area contributed by atoms with Crippen LogP contribution in [0.5, 0.6) is 0 Å². The minimum Gasteiger partial charge on any atom is -0.337 e. The summed E-state index contributed by atoms with van der Waals surface area (Å²) >= 11 is 1.44. The van der Waals surface area contributed by atoms with E-state index < -0.39 is 0 Å². The number of hydrogen-bond donors (Lipinski definition) is 0. The molecule has 2 aromatic carbocycles. The van der Waals surface area contributed by atoms with Gasteiger partial charge in [-0.25, -0.2) is 4.98 Å². The summed E-state index contributed by atoms with van der Waals surface area (Å²) < 4.78 is 1.40. The molecule has 4 aromatic rings.